The summed E-state index contributed by atoms with van der Waals surface area (Å²) < 4.78 is 10.8. The van der Waals surface area contributed by atoms with Crippen LogP contribution in [-0.4, -0.2) is 44.2 Å². The van der Waals surface area contributed by atoms with Crippen LogP contribution in [0.15, 0.2) is 24.3 Å². The second-order valence-electron chi connectivity index (χ2n) is 5.81. The number of rotatable bonds is 8. The molecule has 0 radical (unpaired) electrons. The molecule has 1 aromatic carbocycles. The van der Waals surface area contributed by atoms with Gasteiger partial charge in [-0.15, -0.1) is 12.4 Å². The first-order valence-electron chi connectivity index (χ1n) is 7.17. The molecular weight excluding hydrogens is 304 g/mol. The fraction of sp³-hybridized carbons (Fsp3) is 0.562. The molecule has 22 heavy (non-hydrogen) atoms. The predicted octanol–water partition coefficient (Wildman–Crippen LogP) is 2.33. The number of nitrogens with two attached hydrogens (primary N) is 1. The SMILES string of the molecule is CCOc1ccc(OCC(=O)N(C)CC(C)(C)CN)cc1.Cl. The molecular formula is C16H27ClN2O3. The van der Waals surface area contributed by atoms with Crippen LogP contribution in [0.5, 0.6) is 11.5 Å². The van der Waals surface area contributed by atoms with Gasteiger partial charge in [0.2, 0.25) is 0 Å². The summed E-state index contributed by atoms with van der Waals surface area (Å²) in [5.74, 6) is 1.38. The largest absolute Gasteiger partial charge is 0.494 e. The third-order valence-corrected chi connectivity index (χ3v) is 3.14. The van der Waals surface area contributed by atoms with Crippen molar-refractivity contribution >= 4 is 18.3 Å². The summed E-state index contributed by atoms with van der Waals surface area (Å²) in [6, 6.07) is 7.24. The molecule has 0 aromatic heterocycles. The first-order valence-corrected chi connectivity index (χ1v) is 7.17. The molecule has 0 saturated heterocycles. The molecule has 1 rings (SSSR count). The fourth-order valence-corrected chi connectivity index (χ4v) is 1.85. The molecule has 0 fully saturated rings. The number of amides is 1. The van der Waals surface area contributed by atoms with Crippen molar-refractivity contribution < 1.29 is 14.3 Å². The first-order chi connectivity index (χ1) is 9.88. The molecule has 5 nitrogen and oxygen atoms in total. The zero-order valence-electron chi connectivity index (χ0n) is 13.8. The molecule has 0 unspecified atom stereocenters. The van der Waals surface area contributed by atoms with Gasteiger partial charge < -0.3 is 20.1 Å². The molecule has 1 amide bonds. The van der Waals surface area contributed by atoms with E-state index in [4.69, 9.17) is 15.2 Å². The lowest BCUT2D eigenvalue weighted by Crippen LogP contribution is -2.41. The van der Waals surface area contributed by atoms with Gasteiger partial charge in [-0.1, -0.05) is 13.8 Å². The standard InChI is InChI=1S/C16H26N2O3.ClH/c1-5-20-13-6-8-14(9-7-13)21-10-15(19)18(4)12-16(2,3)11-17;/h6-9H,5,10-12,17H2,1-4H3;1H. The number of likely N-dealkylation sites (N-methyl/N-ethyl adjacent to an activating group) is 1. The van der Waals surface area contributed by atoms with Crippen LogP contribution in [-0.2, 0) is 4.79 Å². The van der Waals surface area contributed by atoms with Crippen molar-refractivity contribution in [3.63, 3.8) is 0 Å². The molecule has 0 atom stereocenters. The predicted molar refractivity (Wildman–Crippen MR) is 90.8 cm³/mol. The zero-order chi connectivity index (χ0) is 15.9. The lowest BCUT2D eigenvalue weighted by Gasteiger charge is -2.29. The second kappa shape index (κ2) is 9.54. The van der Waals surface area contributed by atoms with Crippen molar-refractivity contribution in [1.82, 2.24) is 4.90 Å². The van der Waals surface area contributed by atoms with Crippen molar-refractivity contribution in [3.8, 4) is 11.5 Å². The fourth-order valence-electron chi connectivity index (χ4n) is 1.85. The van der Waals surface area contributed by atoms with Gasteiger partial charge in [-0.25, -0.2) is 0 Å². The van der Waals surface area contributed by atoms with Crippen LogP contribution in [0, 0.1) is 5.41 Å². The van der Waals surface area contributed by atoms with Gasteiger partial charge >= 0.3 is 0 Å². The Bertz CT molecular complexity index is 449. The highest BCUT2D eigenvalue weighted by atomic mass is 35.5. The van der Waals surface area contributed by atoms with Crippen LogP contribution in [0.4, 0.5) is 0 Å². The first kappa shape index (κ1) is 20.5. The van der Waals surface area contributed by atoms with Gasteiger partial charge in [0.05, 0.1) is 6.61 Å². The third kappa shape index (κ3) is 7.00. The van der Waals surface area contributed by atoms with Crippen LogP contribution in [0.3, 0.4) is 0 Å². The van der Waals surface area contributed by atoms with Gasteiger partial charge in [-0.2, -0.15) is 0 Å². The van der Waals surface area contributed by atoms with Crippen LogP contribution in [0.1, 0.15) is 20.8 Å². The van der Waals surface area contributed by atoms with E-state index in [9.17, 15) is 4.79 Å². The molecule has 0 aliphatic heterocycles. The van der Waals surface area contributed by atoms with Crippen LogP contribution >= 0.6 is 12.4 Å². The van der Waals surface area contributed by atoms with Gasteiger partial charge in [0.15, 0.2) is 6.61 Å². The van der Waals surface area contributed by atoms with E-state index in [2.05, 4.69) is 0 Å². The summed E-state index contributed by atoms with van der Waals surface area (Å²) >= 11 is 0. The van der Waals surface area contributed by atoms with Crippen molar-refractivity contribution in [1.29, 1.82) is 0 Å². The average molecular weight is 331 g/mol. The number of halogens is 1. The molecule has 0 saturated carbocycles. The maximum atomic E-state index is 12.0. The molecule has 0 aliphatic rings. The Hall–Kier alpha value is -1.46. The van der Waals surface area contributed by atoms with Crippen LogP contribution < -0.4 is 15.2 Å². The third-order valence-electron chi connectivity index (χ3n) is 3.14. The highest BCUT2D eigenvalue weighted by Crippen LogP contribution is 2.18. The smallest absolute Gasteiger partial charge is 0.260 e. The Kier molecular flexibility index (Phi) is 8.90. The molecule has 2 N–H and O–H groups in total. The van der Waals surface area contributed by atoms with Gasteiger partial charge in [-0.3, -0.25) is 4.79 Å². The summed E-state index contributed by atoms with van der Waals surface area (Å²) in [5, 5.41) is 0. The van der Waals surface area contributed by atoms with Gasteiger partial charge in [0, 0.05) is 13.6 Å². The van der Waals surface area contributed by atoms with Crippen molar-refractivity contribution in [2.45, 2.75) is 20.8 Å². The highest BCUT2D eigenvalue weighted by molar-refractivity contribution is 5.85. The summed E-state index contributed by atoms with van der Waals surface area (Å²) in [7, 11) is 1.77. The van der Waals surface area contributed by atoms with E-state index in [0.717, 1.165) is 5.75 Å². The van der Waals surface area contributed by atoms with E-state index in [1.807, 2.05) is 32.9 Å². The van der Waals surface area contributed by atoms with Crippen LogP contribution in [0.2, 0.25) is 0 Å². The van der Waals surface area contributed by atoms with Gasteiger partial charge in [0.1, 0.15) is 11.5 Å². The number of carbonyl (C=O) groups excluding carboxylic acids is 1. The summed E-state index contributed by atoms with van der Waals surface area (Å²) in [4.78, 5) is 13.7. The minimum Gasteiger partial charge on any atom is -0.494 e. The van der Waals surface area contributed by atoms with Crippen molar-refractivity contribution in [2.24, 2.45) is 11.1 Å². The minimum atomic E-state index is -0.0937. The van der Waals surface area contributed by atoms with Crippen molar-refractivity contribution in [3.05, 3.63) is 24.3 Å². The Morgan fingerprint density at radius 3 is 2.14 bits per heavy atom. The topological polar surface area (TPSA) is 64.8 Å². The summed E-state index contributed by atoms with van der Waals surface area (Å²) in [5.41, 5.74) is 5.58. The number of hydrogen-bond donors (Lipinski definition) is 1. The number of hydrogen-bond acceptors (Lipinski definition) is 4. The minimum absolute atomic E-state index is 0. The Morgan fingerprint density at radius 2 is 1.68 bits per heavy atom. The number of ether oxygens (including phenoxy) is 2. The monoisotopic (exact) mass is 330 g/mol. The molecule has 126 valence electrons. The molecule has 0 spiro atoms. The van der Waals surface area contributed by atoms with E-state index in [1.54, 1.807) is 24.1 Å². The van der Waals surface area contributed by atoms with Crippen LogP contribution in [0.25, 0.3) is 0 Å². The Morgan fingerprint density at radius 1 is 1.18 bits per heavy atom. The number of benzene rings is 1. The number of nitrogens with zero attached hydrogens (tertiary/aromatic N) is 1. The van der Waals surface area contributed by atoms with E-state index >= 15 is 0 Å². The molecule has 0 bridgehead atoms. The maximum Gasteiger partial charge on any atom is 0.260 e. The Balaban J connectivity index is 0.00000441. The second-order valence-corrected chi connectivity index (χ2v) is 5.81. The molecule has 6 heteroatoms. The lowest BCUT2D eigenvalue weighted by atomic mass is 9.93. The normalized spacial score (nSPS) is 10.6. The van der Waals surface area contributed by atoms with E-state index in [0.29, 0.717) is 25.4 Å². The lowest BCUT2D eigenvalue weighted by molar-refractivity contribution is -0.133. The molecule has 1 aromatic rings. The molecule has 0 heterocycles. The number of carbonyl (C=O) groups is 1. The summed E-state index contributed by atoms with van der Waals surface area (Å²) in [6.07, 6.45) is 0. The van der Waals surface area contributed by atoms with E-state index in [1.165, 1.54) is 0 Å². The van der Waals surface area contributed by atoms with Gasteiger partial charge in [0.25, 0.3) is 5.91 Å². The Labute approximate surface area is 139 Å². The van der Waals surface area contributed by atoms with E-state index in [-0.39, 0.29) is 30.3 Å². The van der Waals surface area contributed by atoms with E-state index < -0.39 is 0 Å². The maximum absolute atomic E-state index is 12.0. The van der Waals surface area contributed by atoms with Crippen molar-refractivity contribution in [2.75, 3.05) is 33.4 Å². The highest BCUT2D eigenvalue weighted by Gasteiger charge is 2.21. The zero-order valence-corrected chi connectivity index (χ0v) is 14.6. The average Bonchev–Trinajstić information content (AvgIpc) is 2.46. The van der Waals surface area contributed by atoms with Gasteiger partial charge in [-0.05, 0) is 43.1 Å². The summed E-state index contributed by atoms with van der Waals surface area (Å²) in [6.45, 7) is 7.78. The quantitative estimate of drug-likeness (QED) is 0.794. The molecule has 0 aliphatic carbocycles.